The Balaban J connectivity index is 1.99. The smallest absolute Gasteiger partial charge is 0.251 e. The van der Waals surface area contributed by atoms with Crippen LogP contribution in [-0.2, 0) is 0 Å². The first-order valence-electron chi connectivity index (χ1n) is 5.66. The third kappa shape index (κ3) is 3.06. The summed E-state index contributed by atoms with van der Waals surface area (Å²) >= 11 is 3.45. The molecule has 1 fully saturated rings. The van der Waals surface area contributed by atoms with Crippen LogP contribution in [0, 0.1) is 18.2 Å². The average molecular weight is 300 g/mol. The third-order valence-corrected chi connectivity index (χ3v) is 4.36. The van der Waals surface area contributed by atoms with E-state index in [9.17, 15) is 9.18 Å². The molecule has 0 spiro atoms. The summed E-state index contributed by atoms with van der Waals surface area (Å²) in [6, 6.07) is 4.39. The predicted octanol–water partition coefficient (Wildman–Crippen LogP) is 3.04. The molecular formula is C13H15BrFNO. The Hall–Kier alpha value is -0.900. The van der Waals surface area contributed by atoms with Crippen molar-refractivity contribution in [3.8, 4) is 0 Å². The maximum Gasteiger partial charge on any atom is 0.251 e. The number of alkyl halides is 1. The van der Waals surface area contributed by atoms with Crippen LogP contribution in [0.5, 0.6) is 0 Å². The highest BCUT2D eigenvalue weighted by molar-refractivity contribution is 9.09. The van der Waals surface area contributed by atoms with Crippen LogP contribution >= 0.6 is 15.9 Å². The Morgan fingerprint density at radius 1 is 1.47 bits per heavy atom. The Morgan fingerprint density at radius 2 is 2.18 bits per heavy atom. The standard InChI is InChI=1S/C13H15BrFNO/c1-9-4-10(6-11(15)5-9)12(17)16-8-13(7-14)2-3-13/h4-6H,2-3,7-8H2,1H3,(H,16,17). The molecule has 1 saturated carbocycles. The number of hydrogen-bond acceptors (Lipinski definition) is 1. The molecule has 0 aromatic heterocycles. The number of rotatable bonds is 4. The number of amides is 1. The van der Waals surface area contributed by atoms with Gasteiger partial charge >= 0.3 is 0 Å². The summed E-state index contributed by atoms with van der Waals surface area (Å²) in [5.41, 5.74) is 1.39. The molecule has 1 aliphatic rings. The monoisotopic (exact) mass is 299 g/mol. The Morgan fingerprint density at radius 3 is 2.71 bits per heavy atom. The highest BCUT2D eigenvalue weighted by Gasteiger charge is 2.41. The second kappa shape index (κ2) is 4.77. The fourth-order valence-corrected chi connectivity index (χ4v) is 2.53. The number of aryl methyl sites for hydroxylation is 1. The lowest BCUT2D eigenvalue weighted by Gasteiger charge is -2.12. The van der Waals surface area contributed by atoms with E-state index in [2.05, 4.69) is 21.2 Å². The number of carbonyl (C=O) groups is 1. The van der Waals surface area contributed by atoms with Crippen LogP contribution < -0.4 is 5.32 Å². The van der Waals surface area contributed by atoms with Gasteiger partial charge in [-0.3, -0.25) is 4.79 Å². The minimum Gasteiger partial charge on any atom is -0.351 e. The number of halogens is 2. The summed E-state index contributed by atoms with van der Waals surface area (Å²) in [5.74, 6) is -0.559. The topological polar surface area (TPSA) is 29.1 Å². The lowest BCUT2D eigenvalue weighted by Crippen LogP contribution is -2.31. The molecule has 0 heterocycles. The Bertz CT molecular complexity index is 423. The van der Waals surface area contributed by atoms with Crippen molar-refractivity contribution >= 4 is 21.8 Å². The van der Waals surface area contributed by atoms with E-state index in [1.807, 2.05) is 0 Å². The molecule has 4 heteroatoms. The highest BCUT2D eigenvalue weighted by atomic mass is 79.9. The number of hydrogen-bond donors (Lipinski definition) is 1. The Labute approximate surface area is 109 Å². The summed E-state index contributed by atoms with van der Waals surface area (Å²) in [5, 5.41) is 3.78. The number of nitrogens with one attached hydrogen (secondary N) is 1. The molecule has 92 valence electrons. The molecule has 0 unspecified atom stereocenters. The fourth-order valence-electron chi connectivity index (χ4n) is 1.77. The van der Waals surface area contributed by atoms with E-state index in [1.165, 1.54) is 12.1 Å². The molecule has 17 heavy (non-hydrogen) atoms. The molecule has 2 rings (SSSR count). The minimum atomic E-state index is -0.364. The first kappa shape index (κ1) is 12.6. The zero-order valence-corrected chi connectivity index (χ0v) is 11.3. The Kier molecular flexibility index (Phi) is 3.52. The fraction of sp³-hybridized carbons (Fsp3) is 0.462. The summed E-state index contributed by atoms with van der Waals surface area (Å²) in [6.45, 7) is 2.44. The first-order valence-corrected chi connectivity index (χ1v) is 6.78. The van der Waals surface area contributed by atoms with Gasteiger partial charge < -0.3 is 5.32 Å². The van der Waals surface area contributed by atoms with Gasteiger partial charge in [-0.25, -0.2) is 4.39 Å². The molecule has 1 amide bonds. The SMILES string of the molecule is Cc1cc(F)cc(C(=O)NCC2(CBr)CC2)c1. The first-order chi connectivity index (χ1) is 8.04. The van der Waals surface area contributed by atoms with Crippen LogP contribution in [0.4, 0.5) is 4.39 Å². The zero-order valence-electron chi connectivity index (χ0n) is 9.72. The third-order valence-electron chi connectivity index (χ3n) is 3.17. The van der Waals surface area contributed by atoms with Gasteiger partial charge in [0.1, 0.15) is 5.82 Å². The zero-order chi connectivity index (χ0) is 12.5. The molecule has 0 aliphatic heterocycles. The normalized spacial score (nSPS) is 16.6. The van der Waals surface area contributed by atoms with Gasteiger partial charge in [0.2, 0.25) is 0 Å². The number of carbonyl (C=O) groups excluding carboxylic acids is 1. The predicted molar refractivity (Wildman–Crippen MR) is 68.9 cm³/mol. The maximum absolute atomic E-state index is 13.2. The van der Waals surface area contributed by atoms with Crippen molar-refractivity contribution in [2.24, 2.45) is 5.41 Å². The quantitative estimate of drug-likeness (QED) is 0.851. The van der Waals surface area contributed by atoms with Crippen LogP contribution in [0.25, 0.3) is 0 Å². The van der Waals surface area contributed by atoms with Crippen LogP contribution in [-0.4, -0.2) is 17.8 Å². The average Bonchev–Trinajstić information content (AvgIpc) is 3.05. The van der Waals surface area contributed by atoms with Crippen LogP contribution in [0.2, 0.25) is 0 Å². The van der Waals surface area contributed by atoms with E-state index in [0.29, 0.717) is 12.1 Å². The van der Waals surface area contributed by atoms with Gasteiger partial charge in [0, 0.05) is 17.4 Å². The summed E-state index contributed by atoms with van der Waals surface area (Å²) < 4.78 is 13.2. The molecule has 0 atom stereocenters. The summed E-state index contributed by atoms with van der Waals surface area (Å²) in [7, 11) is 0. The van der Waals surface area contributed by atoms with Gasteiger partial charge in [-0.05, 0) is 48.9 Å². The summed E-state index contributed by atoms with van der Waals surface area (Å²) in [6.07, 6.45) is 2.28. The van der Waals surface area contributed by atoms with Crippen molar-refractivity contribution in [1.29, 1.82) is 0 Å². The van der Waals surface area contributed by atoms with Crippen molar-refractivity contribution in [1.82, 2.24) is 5.32 Å². The van der Waals surface area contributed by atoms with Crippen molar-refractivity contribution in [2.45, 2.75) is 19.8 Å². The molecule has 1 aromatic rings. The molecule has 1 N–H and O–H groups in total. The lowest BCUT2D eigenvalue weighted by atomic mass is 10.1. The van der Waals surface area contributed by atoms with E-state index < -0.39 is 0 Å². The van der Waals surface area contributed by atoms with Gasteiger partial charge in [0.25, 0.3) is 5.91 Å². The van der Waals surface area contributed by atoms with E-state index in [-0.39, 0.29) is 17.1 Å². The lowest BCUT2D eigenvalue weighted by molar-refractivity contribution is 0.0946. The van der Waals surface area contributed by atoms with E-state index in [0.717, 1.165) is 23.7 Å². The van der Waals surface area contributed by atoms with Gasteiger partial charge in [-0.1, -0.05) is 15.9 Å². The van der Waals surface area contributed by atoms with Crippen LogP contribution in [0.15, 0.2) is 18.2 Å². The van der Waals surface area contributed by atoms with Gasteiger partial charge in [-0.15, -0.1) is 0 Å². The van der Waals surface area contributed by atoms with Gasteiger partial charge in [0.05, 0.1) is 0 Å². The highest BCUT2D eigenvalue weighted by Crippen LogP contribution is 2.46. The second-order valence-electron chi connectivity index (χ2n) is 4.83. The van der Waals surface area contributed by atoms with Crippen LogP contribution in [0.3, 0.4) is 0 Å². The van der Waals surface area contributed by atoms with E-state index >= 15 is 0 Å². The molecule has 0 saturated heterocycles. The molecule has 2 nitrogen and oxygen atoms in total. The van der Waals surface area contributed by atoms with Crippen LogP contribution in [0.1, 0.15) is 28.8 Å². The molecule has 0 radical (unpaired) electrons. The largest absolute Gasteiger partial charge is 0.351 e. The number of benzene rings is 1. The van der Waals surface area contributed by atoms with Crippen molar-refractivity contribution in [3.05, 3.63) is 35.1 Å². The molecule has 0 bridgehead atoms. The second-order valence-corrected chi connectivity index (χ2v) is 5.39. The van der Waals surface area contributed by atoms with Crippen molar-refractivity contribution in [3.63, 3.8) is 0 Å². The van der Waals surface area contributed by atoms with Gasteiger partial charge in [0.15, 0.2) is 0 Å². The van der Waals surface area contributed by atoms with Crippen molar-refractivity contribution in [2.75, 3.05) is 11.9 Å². The maximum atomic E-state index is 13.2. The van der Waals surface area contributed by atoms with E-state index in [1.54, 1.807) is 13.0 Å². The van der Waals surface area contributed by atoms with E-state index in [4.69, 9.17) is 0 Å². The molecular weight excluding hydrogens is 285 g/mol. The summed E-state index contributed by atoms with van der Waals surface area (Å²) in [4.78, 5) is 11.8. The molecule has 1 aliphatic carbocycles. The minimum absolute atomic E-state index is 0.195. The van der Waals surface area contributed by atoms with Gasteiger partial charge in [-0.2, -0.15) is 0 Å². The van der Waals surface area contributed by atoms with Crippen molar-refractivity contribution < 1.29 is 9.18 Å². The molecule has 1 aromatic carbocycles.